The molecule has 0 saturated heterocycles. The number of carbonyl (C=O) groups is 1. The minimum Gasteiger partial charge on any atom is -0.464 e. The smallest absolute Gasteiger partial charge is 0.357 e. The average Bonchev–Trinajstić information content (AvgIpc) is 3.14. The van der Waals surface area contributed by atoms with Crippen molar-refractivity contribution in [1.29, 1.82) is 0 Å². The summed E-state index contributed by atoms with van der Waals surface area (Å²) in [6, 6.07) is 0. The number of anilines is 1. The normalized spacial score (nSPS) is 15.2. The summed E-state index contributed by atoms with van der Waals surface area (Å²) in [4.78, 5) is 20.2. The van der Waals surface area contributed by atoms with Crippen molar-refractivity contribution in [1.82, 2.24) is 9.97 Å². The maximum atomic E-state index is 11.7. The van der Waals surface area contributed by atoms with E-state index in [2.05, 4.69) is 9.97 Å². The number of ether oxygens (including phenoxy) is 1. The topological polar surface area (TPSA) is 78.1 Å². The number of carbonyl (C=O) groups excluding carboxylic acids is 1. The molecule has 1 fully saturated rings. The van der Waals surface area contributed by atoms with Gasteiger partial charge in [0.05, 0.1) is 7.11 Å². The van der Waals surface area contributed by atoms with Crippen molar-refractivity contribution >= 4 is 17.9 Å². The second-order valence-corrected chi connectivity index (χ2v) is 4.00. The first kappa shape index (κ1) is 11.6. The van der Waals surface area contributed by atoms with E-state index in [4.69, 9.17) is 10.5 Å². The van der Waals surface area contributed by atoms with Gasteiger partial charge in [0, 0.05) is 11.5 Å². The Hall–Kier alpha value is -1.91. The predicted molar refractivity (Wildman–Crippen MR) is 64.5 cm³/mol. The van der Waals surface area contributed by atoms with Crippen molar-refractivity contribution in [2.24, 2.45) is 0 Å². The Balaban J connectivity index is 2.53. The van der Waals surface area contributed by atoms with Crippen molar-refractivity contribution in [2.45, 2.75) is 25.7 Å². The molecule has 1 aliphatic rings. The van der Waals surface area contributed by atoms with Crippen molar-refractivity contribution in [3.63, 3.8) is 0 Å². The first-order valence-corrected chi connectivity index (χ1v) is 5.55. The molecule has 2 rings (SSSR count). The molecule has 1 heterocycles. The van der Waals surface area contributed by atoms with Crippen LogP contribution in [0.2, 0.25) is 0 Å². The van der Waals surface area contributed by atoms with Gasteiger partial charge in [0.15, 0.2) is 5.69 Å². The minimum absolute atomic E-state index is 0.250. The van der Waals surface area contributed by atoms with Crippen LogP contribution >= 0.6 is 0 Å². The molecule has 0 bridgehead atoms. The number of allylic oxidation sites excluding steroid dienone is 1. The third-order valence-corrected chi connectivity index (χ3v) is 2.65. The Morgan fingerprint density at radius 3 is 2.71 bits per heavy atom. The SMILES string of the molecule is CC=Cc1c(N)nc(C2CC2)nc1C(=O)OC. The van der Waals surface area contributed by atoms with E-state index in [0.29, 0.717) is 23.1 Å². The molecule has 0 radical (unpaired) electrons. The molecule has 0 aliphatic heterocycles. The molecule has 0 atom stereocenters. The lowest BCUT2D eigenvalue weighted by Gasteiger charge is -2.08. The van der Waals surface area contributed by atoms with Gasteiger partial charge in [0.2, 0.25) is 0 Å². The van der Waals surface area contributed by atoms with Crippen LogP contribution in [0, 0.1) is 0 Å². The highest BCUT2D eigenvalue weighted by atomic mass is 16.5. The fourth-order valence-electron chi connectivity index (χ4n) is 1.61. The fourth-order valence-corrected chi connectivity index (χ4v) is 1.61. The molecule has 1 aromatic heterocycles. The van der Waals surface area contributed by atoms with Gasteiger partial charge in [-0.25, -0.2) is 14.8 Å². The molecule has 1 aromatic rings. The van der Waals surface area contributed by atoms with Crippen molar-refractivity contribution in [2.75, 3.05) is 12.8 Å². The standard InChI is InChI=1S/C12H15N3O2/c1-3-4-8-9(12(16)17-2)14-11(7-5-6-7)15-10(8)13/h3-4,7H,5-6H2,1-2H3,(H2,13,14,15). The summed E-state index contributed by atoms with van der Waals surface area (Å²) in [6.45, 7) is 1.84. The van der Waals surface area contributed by atoms with E-state index in [1.54, 1.807) is 12.2 Å². The van der Waals surface area contributed by atoms with Gasteiger partial charge in [0.1, 0.15) is 11.6 Å². The van der Waals surface area contributed by atoms with Crippen LogP contribution in [0.25, 0.3) is 6.08 Å². The summed E-state index contributed by atoms with van der Waals surface area (Å²) in [5.74, 6) is 0.853. The van der Waals surface area contributed by atoms with E-state index < -0.39 is 5.97 Å². The minimum atomic E-state index is -0.478. The summed E-state index contributed by atoms with van der Waals surface area (Å²) < 4.78 is 4.71. The van der Waals surface area contributed by atoms with Crippen molar-refractivity contribution < 1.29 is 9.53 Å². The van der Waals surface area contributed by atoms with Crippen molar-refractivity contribution in [3.8, 4) is 0 Å². The molecular formula is C12H15N3O2. The van der Waals surface area contributed by atoms with E-state index in [-0.39, 0.29) is 5.69 Å². The first-order chi connectivity index (χ1) is 8.17. The lowest BCUT2D eigenvalue weighted by atomic mass is 10.2. The van der Waals surface area contributed by atoms with Gasteiger partial charge >= 0.3 is 5.97 Å². The molecule has 5 heteroatoms. The van der Waals surface area contributed by atoms with Gasteiger partial charge in [0.25, 0.3) is 0 Å². The van der Waals surface area contributed by atoms with Gasteiger partial charge in [-0.2, -0.15) is 0 Å². The molecule has 1 saturated carbocycles. The Bertz CT molecular complexity index is 479. The number of esters is 1. The van der Waals surface area contributed by atoms with E-state index >= 15 is 0 Å². The van der Waals surface area contributed by atoms with E-state index in [1.807, 2.05) is 6.92 Å². The van der Waals surface area contributed by atoms with Crippen LogP contribution in [-0.2, 0) is 4.74 Å². The zero-order valence-electron chi connectivity index (χ0n) is 9.93. The highest BCUT2D eigenvalue weighted by molar-refractivity contribution is 5.93. The molecule has 0 spiro atoms. The highest BCUT2D eigenvalue weighted by Gasteiger charge is 2.29. The number of nitrogens with zero attached hydrogens (tertiary/aromatic N) is 2. The summed E-state index contributed by atoms with van der Waals surface area (Å²) >= 11 is 0. The third-order valence-electron chi connectivity index (χ3n) is 2.65. The monoisotopic (exact) mass is 233 g/mol. The molecule has 5 nitrogen and oxygen atoms in total. The Morgan fingerprint density at radius 2 is 2.18 bits per heavy atom. The van der Waals surface area contributed by atoms with Crippen LogP contribution in [0.1, 0.15) is 47.6 Å². The Morgan fingerprint density at radius 1 is 1.47 bits per heavy atom. The number of rotatable bonds is 3. The number of hydrogen-bond acceptors (Lipinski definition) is 5. The van der Waals surface area contributed by atoms with E-state index in [0.717, 1.165) is 12.8 Å². The summed E-state index contributed by atoms with van der Waals surface area (Å²) in [7, 11) is 1.33. The predicted octanol–water partition coefficient (Wildman–Crippen LogP) is 1.76. The van der Waals surface area contributed by atoms with Crippen LogP contribution in [0.4, 0.5) is 5.82 Å². The van der Waals surface area contributed by atoms with Crippen molar-refractivity contribution in [3.05, 3.63) is 23.2 Å². The molecule has 17 heavy (non-hydrogen) atoms. The average molecular weight is 233 g/mol. The number of nitrogens with two attached hydrogens (primary N) is 1. The summed E-state index contributed by atoms with van der Waals surface area (Å²) in [5, 5.41) is 0. The number of methoxy groups -OCH3 is 1. The molecular weight excluding hydrogens is 218 g/mol. The second-order valence-electron chi connectivity index (χ2n) is 4.00. The maximum Gasteiger partial charge on any atom is 0.357 e. The van der Waals surface area contributed by atoms with Gasteiger partial charge in [-0.3, -0.25) is 0 Å². The fraction of sp³-hybridized carbons (Fsp3) is 0.417. The lowest BCUT2D eigenvalue weighted by Crippen LogP contribution is -2.13. The molecule has 0 amide bonds. The van der Waals surface area contributed by atoms with Crippen LogP contribution in [0.5, 0.6) is 0 Å². The quantitative estimate of drug-likeness (QED) is 0.805. The molecule has 2 N–H and O–H groups in total. The zero-order valence-corrected chi connectivity index (χ0v) is 9.93. The summed E-state index contributed by atoms with van der Waals surface area (Å²) in [5.41, 5.74) is 6.64. The zero-order chi connectivity index (χ0) is 12.4. The van der Waals surface area contributed by atoms with Crippen LogP contribution in [0.3, 0.4) is 0 Å². The maximum absolute atomic E-state index is 11.7. The van der Waals surface area contributed by atoms with E-state index in [9.17, 15) is 4.79 Å². The number of aromatic nitrogens is 2. The van der Waals surface area contributed by atoms with Crippen LogP contribution < -0.4 is 5.73 Å². The lowest BCUT2D eigenvalue weighted by molar-refractivity contribution is 0.0593. The van der Waals surface area contributed by atoms with Gasteiger partial charge in [-0.1, -0.05) is 12.2 Å². The molecule has 0 aromatic carbocycles. The van der Waals surface area contributed by atoms with Gasteiger partial charge in [-0.15, -0.1) is 0 Å². The first-order valence-electron chi connectivity index (χ1n) is 5.55. The Kier molecular flexibility index (Phi) is 3.08. The number of hydrogen-bond donors (Lipinski definition) is 1. The largest absolute Gasteiger partial charge is 0.464 e. The van der Waals surface area contributed by atoms with Crippen LogP contribution in [0.15, 0.2) is 6.08 Å². The van der Waals surface area contributed by atoms with Gasteiger partial charge < -0.3 is 10.5 Å². The molecule has 90 valence electrons. The Labute approximate surface area is 99.7 Å². The molecule has 1 aliphatic carbocycles. The summed E-state index contributed by atoms with van der Waals surface area (Å²) in [6.07, 6.45) is 5.63. The van der Waals surface area contributed by atoms with Crippen LogP contribution in [-0.4, -0.2) is 23.0 Å². The second kappa shape index (κ2) is 4.53. The highest BCUT2D eigenvalue weighted by Crippen LogP contribution is 2.38. The third kappa shape index (κ3) is 2.27. The number of nitrogen functional groups attached to an aromatic ring is 1. The van der Waals surface area contributed by atoms with E-state index in [1.165, 1.54) is 7.11 Å². The van der Waals surface area contributed by atoms with Gasteiger partial charge in [-0.05, 0) is 19.8 Å². The molecule has 0 unspecified atom stereocenters.